The van der Waals surface area contributed by atoms with E-state index < -0.39 is 43.8 Å². The first-order valence-corrected chi connectivity index (χ1v) is 16.1. The highest BCUT2D eigenvalue weighted by atomic mass is 28.3. The Hall–Kier alpha value is -2.40. The van der Waals surface area contributed by atoms with Crippen molar-refractivity contribution >= 4 is 20.7 Å². The fourth-order valence-electron chi connectivity index (χ4n) is 3.99. The van der Waals surface area contributed by atoms with Crippen LogP contribution < -0.4 is 5.46 Å². The third-order valence-corrected chi connectivity index (χ3v) is 8.69. The van der Waals surface area contributed by atoms with Gasteiger partial charge in [-0.05, 0) is 45.9 Å². The highest BCUT2D eigenvalue weighted by molar-refractivity contribution is 6.76. The van der Waals surface area contributed by atoms with Crippen molar-refractivity contribution in [2.24, 2.45) is 0 Å². The fraction of sp³-hybridized carbons (Fsp3) is 0.444. The maximum Gasteiger partial charge on any atom is 0.497 e. The van der Waals surface area contributed by atoms with Gasteiger partial charge in [0.05, 0.1) is 11.2 Å². The summed E-state index contributed by atoms with van der Waals surface area (Å²) in [6, 6.07) is 9.79. The Morgan fingerprint density at radius 3 is 2.24 bits per heavy atom. The van der Waals surface area contributed by atoms with Gasteiger partial charge in [0.2, 0.25) is 0 Å². The number of rotatable bonds is 8. The smallest absolute Gasteiger partial charge is 0.399 e. The Balaban J connectivity index is 1.70. The molecular formula is C27H34BF3N2O3Si. The van der Waals surface area contributed by atoms with Crippen molar-refractivity contribution < 1.29 is 27.2 Å². The van der Waals surface area contributed by atoms with Crippen molar-refractivity contribution in [1.29, 1.82) is 0 Å². The van der Waals surface area contributed by atoms with E-state index in [9.17, 15) is 4.39 Å². The molecule has 1 aliphatic heterocycles. The van der Waals surface area contributed by atoms with Gasteiger partial charge in [0, 0.05) is 43.0 Å². The second-order valence-electron chi connectivity index (χ2n) is 11.7. The summed E-state index contributed by atoms with van der Waals surface area (Å²) in [7, 11) is -2.31. The number of hydrogen-bond acceptors (Lipinski definition) is 4. The summed E-state index contributed by atoms with van der Waals surface area (Å²) in [6.07, 6.45) is 1.60. The Morgan fingerprint density at radius 1 is 0.946 bits per heavy atom. The van der Waals surface area contributed by atoms with Gasteiger partial charge in [0.25, 0.3) is 0 Å². The van der Waals surface area contributed by atoms with E-state index in [1.165, 1.54) is 28.9 Å². The van der Waals surface area contributed by atoms with E-state index in [1.54, 1.807) is 18.3 Å². The molecule has 3 aromatic rings. The summed E-state index contributed by atoms with van der Waals surface area (Å²) < 4.78 is 64.2. The van der Waals surface area contributed by atoms with Crippen LogP contribution in [0.25, 0.3) is 22.4 Å². The highest BCUT2D eigenvalue weighted by Crippen LogP contribution is 2.38. The van der Waals surface area contributed by atoms with E-state index in [0.29, 0.717) is 23.4 Å². The number of benzene rings is 2. The standard InChI is InChI=1S/C27H34BF3N2O3Si/c1-26(2)27(3,4)36-28(35-26)22-12-11-20(23(30)24(22)31)21-16-33(17-34-13-14-37(5,6)7)32-25(21)18-9-8-10-19(29)15-18/h8-12,15-16H,13-14,17H2,1-7H3. The van der Waals surface area contributed by atoms with Gasteiger partial charge < -0.3 is 14.0 Å². The SMILES string of the molecule is CC1(C)OB(c2ccc(-c3cn(COCC[Si](C)(C)C)nc3-c3cccc(F)c3)c(F)c2F)OC1(C)C. The van der Waals surface area contributed by atoms with Crippen LogP contribution in [0, 0.1) is 17.5 Å². The average molecular weight is 530 g/mol. The molecule has 0 atom stereocenters. The molecule has 4 rings (SSSR count). The van der Waals surface area contributed by atoms with Crippen LogP contribution in [0.2, 0.25) is 25.7 Å². The van der Waals surface area contributed by atoms with Crippen molar-refractivity contribution in [3.63, 3.8) is 0 Å². The molecule has 0 amide bonds. The average Bonchev–Trinajstić information content (AvgIpc) is 3.30. The minimum absolute atomic E-state index is 0.00498. The molecule has 0 unspecified atom stereocenters. The third-order valence-electron chi connectivity index (χ3n) is 6.99. The zero-order valence-corrected chi connectivity index (χ0v) is 23.5. The van der Waals surface area contributed by atoms with Gasteiger partial charge in [-0.2, -0.15) is 5.10 Å². The van der Waals surface area contributed by atoms with Crippen molar-refractivity contribution in [2.45, 2.75) is 71.3 Å². The maximum absolute atomic E-state index is 15.6. The van der Waals surface area contributed by atoms with Crippen molar-refractivity contribution in [3.8, 4) is 22.4 Å². The molecule has 1 fully saturated rings. The quantitative estimate of drug-likeness (QED) is 0.255. The molecule has 0 aliphatic carbocycles. The minimum atomic E-state index is -1.27. The molecule has 2 heterocycles. The summed E-state index contributed by atoms with van der Waals surface area (Å²) in [4.78, 5) is 0. The summed E-state index contributed by atoms with van der Waals surface area (Å²) in [5.41, 5.74) is -0.294. The molecule has 198 valence electrons. The van der Waals surface area contributed by atoms with Crippen LogP contribution in [0.3, 0.4) is 0 Å². The van der Waals surface area contributed by atoms with Gasteiger partial charge in [-0.3, -0.25) is 0 Å². The topological polar surface area (TPSA) is 45.5 Å². The molecule has 1 aliphatic rings. The second kappa shape index (κ2) is 10.1. The lowest BCUT2D eigenvalue weighted by Crippen LogP contribution is -2.41. The zero-order valence-electron chi connectivity index (χ0n) is 22.5. The Bertz CT molecular complexity index is 1270. The fourth-order valence-corrected chi connectivity index (χ4v) is 4.75. The van der Waals surface area contributed by atoms with E-state index in [4.69, 9.17) is 14.0 Å². The molecule has 0 N–H and O–H groups in total. The molecule has 37 heavy (non-hydrogen) atoms. The van der Waals surface area contributed by atoms with Crippen LogP contribution in [0.15, 0.2) is 42.6 Å². The normalized spacial score (nSPS) is 17.0. The number of ether oxygens (including phenoxy) is 1. The van der Waals surface area contributed by atoms with Gasteiger partial charge in [0.15, 0.2) is 11.6 Å². The second-order valence-corrected chi connectivity index (χ2v) is 17.3. The first kappa shape index (κ1) is 27.6. The van der Waals surface area contributed by atoms with Crippen LogP contribution in [0.4, 0.5) is 13.2 Å². The van der Waals surface area contributed by atoms with Crippen LogP contribution >= 0.6 is 0 Å². The third kappa shape index (κ3) is 5.87. The number of halogens is 3. The lowest BCUT2D eigenvalue weighted by atomic mass is 9.77. The highest BCUT2D eigenvalue weighted by Gasteiger charge is 2.52. The molecule has 0 bridgehead atoms. The van der Waals surface area contributed by atoms with E-state index in [1.807, 2.05) is 27.7 Å². The minimum Gasteiger partial charge on any atom is -0.399 e. The summed E-state index contributed by atoms with van der Waals surface area (Å²) >= 11 is 0. The lowest BCUT2D eigenvalue weighted by Gasteiger charge is -2.32. The molecule has 0 spiro atoms. The summed E-state index contributed by atoms with van der Waals surface area (Å²) in [6.45, 7) is 14.9. The van der Waals surface area contributed by atoms with E-state index in [2.05, 4.69) is 24.7 Å². The zero-order chi connectivity index (χ0) is 27.2. The van der Waals surface area contributed by atoms with Gasteiger partial charge >= 0.3 is 7.12 Å². The number of hydrogen-bond donors (Lipinski definition) is 0. The summed E-state index contributed by atoms with van der Waals surface area (Å²) in [5, 5.41) is 4.54. The molecule has 1 saturated heterocycles. The van der Waals surface area contributed by atoms with Crippen molar-refractivity contribution in [2.75, 3.05) is 6.61 Å². The Kier molecular flexibility index (Phi) is 7.51. The Labute approximate surface area is 218 Å². The first-order valence-electron chi connectivity index (χ1n) is 12.4. The van der Waals surface area contributed by atoms with Crippen LogP contribution in [-0.4, -0.2) is 42.8 Å². The maximum atomic E-state index is 15.6. The predicted molar refractivity (Wildman–Crippen MR) is 143 cm³/mol. The molecule has 1 aromatic heterocycles. The van der Waals surface area contributed by atoms with Gasteiger partial charge in [-0.25, -0.2) is 17.9 Å². The van der Waals surface area contributed by atoms with Crippen LogP contribution in [-0.2, 0) is 20.8 Å². The van der Waals surface area contributed by atoms with Crippen LogP contribution in [0.1, 0.15) is 27.7 Å². The predicted octanol–water partition coefficient (Wildman–Crippen LogP) is 6.25. The van der Waals surface area contributed by atoms with E-state index in [0.717, 1.165) is 6.04 Å². The lowest BCUT2D eigenvalue weighted by molar-refractivity contribution is 0.00578. The van der Waals surface area contributed by atoms with Gasteiger partial charge in [-0.1, -0.05) is 43.9 Å². The monoisotopic (exact) mass is 530 g/mol. The molecule has 0 saturated carbocycles. The van der Waals surface area contributed by atoms with E-state index >= 15 is 8.78 Å². The molecule has 10 heteroatoms. The summed E-state index contributed by atoms with van der Waals surface area (Å²) in [5.74, 6) is -2.56. The molecule has 5 nitrogen and oxygen atoms in total. The number of nitrogens with zero attached hydrogens (tertiary/aromatic N) is 2. The molecule has 0 radical (unpaired) electrons. The number of aromatic nitrogens is 2. The largest absolute Gasteiger partial charge is 0.497 e. The molecule has 2 aromatic carbocycles. The van der Waals surface area contributed by atoms with Crippen molar-refractivity contribution in [1.82, 2.24) is 9.78 Å². The van der Waals surface area contributed by atoms with Gasteiger partial charge in [0.1, 0.15) is 18.2 Å². The Morgan fingerprint density at radius 2 is 1.62 bits per heavy atom. The van der Waals surface area contributed by atoms with E-state index in [-0.39, 0.29) is 17.8 Å². The van der Waals surface area contributed by atoms with Crippen molar-refractivity contribution in [3.05, 3.63) is 60.0 Å². The molecular weight excluding hydrogens is 496 g/mol. The van der Waals surface area contributed by atoms with Gasteiger partial charge in [-0.15, -0.1) is 0 Å². The first-order chi connectivity index (χ1) is 17.2. The van der Waals surface area contributed by atoms with Crippen LogP contribution in [0.5, 0.6) is 0 Å².